The van der Waals surface area contributed by atoms with Crippen molar-refractivity contribution < 1.29 is 14.6 Å². The van der Waals surface area contributed by atoms with Gasteiger partial charge in [0.15, 0.2) is 0 Å². The number of aliphatic hydroxyl groups excluding tert-OH is 1. The molecule has 3 atom stereocenters. The largest absolute Gasteiger partial charge is 0.454 e. The molecular weight excluding hydrogens is 228 g/mol. The zero-order chi connectivity index (χ0) is 13.3. The standard InChI is InChI=1S/C15H20O3/c1-9(2)12-8-13(16)10(3)5-4-6-11-7-14(12)18-15(11)17/h5,7,12-14,16H,1,4,6,8H2,2-3H3/t12-,13+,14-/m0/s1. The van der Waals surface area contributed by atoms with Crippen LogP contribution in [-0.2, 0) is 9.53 Å². The van der Waals surface area contributed by atoms with Crippen molar-refractivity contribution in [1.82, 2.24) is 0 Å². The Kier molecular flexibility index (Phi) is 3.71. The highest BCUT2D eigenvalue weighted by Crippen LogP contribution is 2.32. The van der Waals surface area contributed by atoms with Crippen LogP contribution in [0.15, 0.2) is 35.5 Å². The van der Waals surface area contributed by atoms with Crippen molar-refractivity contribution in [2.24, 2.45) is 5.92 Å². The number of hydrogen-bond donors (Lipinski definition) is 1. The van der Waals surface area contributed by atoms with Gasteiger partial charge in [-0.05, 0) is 44.8 Å². The molecular formula is C15H20O3. The molecule has 3 nitrogen and oxygen atoms in total. The number of ether oxygens (including phenoxy) is 1. The van der Waals surface area contributed by atoms with Gasteiger partial charge in [0, 0.05) is 11.5 Å². The second kappa shape index (κ2) is 5.11. The molecule has 0 aromatic rings. The van der Waals surface area contributed by atoms with Crippen LogP contribution >= 0.6 is 0 Å². The quantitative estimate of drug-likeness (QED) is 0.573. The predicted octanol–water partition coefficient (Wildman–Crippen LogP) is 2.52. The lowest BCUT2D eigenvalue weighted by Gasteiger charge is -2.25. The number of carbonyl (C=O) groups excluding carboxylic acids is 1. The molecule has 1 aliphatic heterocycles. The van der Waals surface area contributed by atoms with Gasteiger partial charge in [0.1, 0.15) is 6.10 Å². The van der Waals surface area contributed by atoms with Crippen molar-refractivity contribution in [3.05, 3.63) is 35.5 Å². The van der Waals surface area contributed by atoms with E-state index in [1.54, 1.807) is 0 Å². The summed E-state index contributed by atoms with van der Waals surface area (Å²) in [6.45, 7) is 7.81. The summed E-state index contributed by atoms with van der Waals surface area (Å²) in [4.78, 5) is 11.7. The van der Waals surface area contributed by atoms with E-state index in [4.69, 9.17) is 4.74 Å². The monoisotopic (exact) mass is 248 g/mol. The van der Waals surface area contributed by atoms with Crippen LogP contribution in [0.4, 0.5) is 0 Å². The fraction of sp³-hybridized carbons (Fsp3) is 0.533. The van der Waals surface area contributed by atoms with Gasteiger partial charge < -0.3 is 9.84 Å². The summed E-state index contributed by atoms with van der Waals surface area (Å²) in [5.74, 6) is -0.225. The molecule has 0 saturated heterocycles. The first-order chi connectivity index (χ1) is 8.49. The fourth-order valence-electron chi connectivity index (χ4n) is 2.52. The number of aliphatic hydroxyl groups is 1. The number of carbonyl (C=O) groups is 1. The van der Waals surface area contributed by atoms with Crippen LogP contribution in [0.1, 0.15) is 33.1 Å². The fourth-order valence-corrected chi connectivity index (χ4v) is 2.52. The first kappa shape index (κ1) is 13.1. The van der Waals surface area contributed by atoms with E-state index >= 15 is 0 Å². The van der Waals surface area contributed by atoms with Gasteiger partial charge in [0.05, 0.1) is 6.10 Å². The molecule has 1 heterocycles. The van der Waals surface area contributed by atoms with Crippen molar-refractivity contribution >= 4 is 5.97 Å². The first-order valence-electron chi connectivity index (χ1n) is 6.41. The van der Waals surface area contributed by atoms with Gasteiger partial charge >= 0.3 is 5.97 Å². The third-order valence-electron chi connectivity index (χ3n) is 3.78. The molecule has 0 aromatic carbocycles. The van der Waals surface area contributed by atoms with Crippen LogP contribution in [0.3, 0.4) is 0 Å². The van der Waals surface area contributed by atoms with E-state index in [2.05, 4.69) is 6.58 Å². The molecule has 0 unspecified atom stereocenters. The van der Waals surface area contributed by atoms with E-state index < -0.39 is 6.10 Å². The maximum Gasteiger partial charge on any atom is 0.334 e. The van der Waals surface area contributed by atoms with Crippen LogP contribution in [0, 0.1) is 5.92 Å². The maximum atomic E-state index is 11.7. The summed E-state index contributed by atoms with van der Waals surface area (Å²) in [5.41, 5.74) is 2.67. The Morgan fingerprint density at radius 2 is 2.28 bits per heavy atom. The van der Waals surface area contributed by atoms with Crippen molar-refractivity contribution in [3.63, 3.8) is 0 Å². The van der Waals surface area contributed by atoms with Crippen molar-refractivity contribution in [3.8, 4) is 0 Å². The number of hydrogen-bond acceptors (Lipinski definition) is 3. The molecule has 0 radical (unpaired) electrons. The Balaban J connectivity index is 2.30. The van der Waals surface area contributed by atoms with Crippen LogP contribution in [0.5, 0.6) is 0 Å². The molecule has 2 bridgehead atoms. The van der Waals surface area contributed by atoms with Crippen molar-refractivity contribution in [1.29, 1.82) is 0 Å². The van der Waals surface area contributed by atoms with E-state index in [-0.39, 0.29) is 18.0 Å². The van der Waals surface area contributed by atoms with Gasteiger partial charge in [-0.15, -0.1) is 0 Å². The topological polar surface area (TPSA) is 46.5 Å². The van der Waals surface area contributed by atoms with E-state index in [1.165, 1.54) is 0 Å². The zero-order valence-electron chi connectivity index (χ0n) is 11.0. The second-order valence-electron chi connectivity index (χ2n) is 5.25. The van der Waals surface area contributed by atoms with Crippen LogP contribution < -0.4 is 0 Å². The van der Waals surface area contributed by atoms with Crippen LogP contribution in [0.25, 0.3) is 0 Å². The first-order valence-corrected chi connectivity index (χ1v) is 6.41. The highest BCUT2D eigenvalue weighted by molar-refractivity contribution is 5.91. The average Bonchev–Trinajstić information content (AvgIpc) is 2.65. The lowest BCUT2D eigenvalue weighted by molar-refractivity contribution is -0.141. The van der Waals surface area contributed by atoms with E-state index in [0.717, 1.165) is 23.1 Å². The molecule has 1 aliphatic carbocycles. The smallest absolute Gasteiger partial charge is 0.334 e. The van der Waals surface area contributed by atoms with Crippen LogP contribution in [-0.4, -0.2) is 23.3 Å². The minimum absolute atomic E-state index is 0.0112. The Labute approximate surface area is 108 Å². The Hall–Kier alpha value is -1.35. The SMILES string of the molecule is C=C(C)[C@@H]1C[C@@H](O)C(C)=CCCC2=C[C@@H]1OC2=O. The van der Waals surface area contributed by atoms with Gasteiger partial charge in [0.25, 0.3) is 0 Å². The summed E-state index contributed by atoms with van der Waals surface area (Å²) < 4.78 is 5.39. The lowest BCUT2D eigenvalue weighted by Crippen LogP contribution is -2.26. The number of rotatable bonds is 1. The van der Waals surface area contributed by atoms with Gasteiger partial charge in [-0.25, -0.2) is 4.79 Å². The molecule has 0 fully saturated rings. The van der Waals surface area contributed by atoms with Crippen molar-refractivity contribution in [2.45, 2.75) is 45.3 Å². The predicted molar refractivity (Wildman–Crippen MR) is 69.9 cm³/mol. The van der Waals surface area contributed by atoms with E-state index in [1.807, 2.05) is 26.0 Å². The number of allylic oxidation sites excluding steroid dienone is 1. The summed E-state index contributed by atoms with van der Waals surface area (Å²) in [5, 5.41) is 10.1. The molecule has 18 heavy (non-hydrogen) atoms. The second-order valence-corrected chi connectivity index (χ2v) is 5.25. The third-order valence-corrected chi connectivity index (χ3v) is 3.78. The van der Waals surface area contributed by atoms with E-state index in [9.17, 15) is 9.90 Å². The van der Waals surface area contributed by atoms with Gasteiger partial charge in [-0.1, -0.05) is 18.2 Å². The number of esters is 1. The molecule has 0 saturated carbocycles. The van der Waals surface area contributed by atoms with Gasteiger partial charge in [-0.3, -0.25) is 0 Å². The minimum atomic E-state index is -0.485. The molecule has 0 spiro atoms. The molecule has 98 valence electrons. The Morgan fingerprint density at radius 3 is 2.94 bits per heavy atom. The summed E-state index contributed by atoms with van der Waals surface area (Å²) >= 11 is 0. The minimum Gasteiger partial charge on any atom is -0.454 e. The molecule has 2 aliphatic rings. The zero-order valence-corrected chi connectivity index (χ0v) is 11.0. The molecule has 2 rings (SSSR count). The summed E-state index contributed by atoms with van der Waals surface area (Å²) in [6, 6.07) is 0. The molecule has 1 N–H and O–H groups in total. The Morgan fingerprint density at radius 1 is 1.56 bits per heavy atom. The highest BCUT2D eigenvalue weighted by atomic mass is 16.5. The van der Waals surface area contributed by atoms with Crippen molar-refractivity contribution in [2.75, 3.05) is 0 Å². The van der Waals surface area contributed by atoms with Gasteiger partial charge in [0.2, 0.25) is 0 Å². The molecule has 0 aromatic heterocycles. The highest BCUT2D eigenvalue weighted by Gasteiger charge is 2.33. The Bertz CT molecular complexity index is 431. The van der Waals surface area contributed by atoms with Gasteiger partial charge in [-0.2, -0.15) is 0 Å². The van der Waals surface area contributed by atoms with E-state index in [0.29, 0.717) is 12.8 Å². The maximum absolute atomic E-state index is 11.7. The summed E-state index contributed by atoms with van der Waals surface area (Å²) in [7, 11) is 0. The average molecular weight is 248 g/mol. The summed E-state index contributed by atoms with van der Waals surface area (Å²) in [6.07, 6.45) is 5.18. The lowest BCUT2D eigenvalue weighted by atomic mass is 9.86. The van der Waals surface area contributed by atoms with Crippen LogP contribution in [0.2, 0.25) is 0 Å². The molecule has 3 heteroatoms. The third kappa shape index (κ3) is 2.56. The number of fused-ring (bicyclic) bond motifs is 1. The molecule has 0 amide bonds. The normalized spacial score (nSPS) is 32.4.